The van der Waals surface area contributed by atoms with E-state index in [9.17, 15) is 22.4 Å². The lowest BCUT2D eigenvalue weighted by atomic mass is 10.1. The molecule has 1 amide bonds. The summed E-state index contributed by atoms with van der Waals surface area (Å²) in [5.41, 5.74) is 0.370. The summed E-state index contributed by atoms with van der Waals surface area (Å²) in [6, 6.07) is 4.00. The topological polar surface area (TPSA) is 71.5 Å². The number of nitrogens with zero attached hydrogens (tertiary/aromatic N) is 1. The number of hydrogen-bond donors (Lipinski definition) is 0. The highest BCUT2D eigenvalue weighted by Gasteiger charge is 2.34. The van der Waals surface area contributed by atoms with E-state index in [-0.39, 0.29) is 28.5 Å². The van der Waals surface area contributed by atoms with Gasteiger partial charge in [0.2, 0.25) is 5.91 Å². The number of halogens is 1. The smallest absolute Gasteiger partial charge is 0.242 e. The van der Waals surface area contributed by atoms with Crippen LogP contribution in [-0.2, 0) is 14.6 Å². The van der Waals surface area contributed by atoms with Crippen molar-refractivity contribution in [1.82, 2.24) is 0 Å². The van der Waals surface area contributed by atoms with Gasteiger partial charge in [-0.05, 0) is 25.1 Å². The summed E-state index contributed by atoms with van der Waals surface area (Å²) < 4.78 is 36.3. The Balaban J connectivity index is 2.66. The monoisotopic (exact) mass is 285 g/mol. The van der Waals surface area contributed by atoms with Crippen molar-refractivity contribution in [3.05, 3.63) is 23.8 Å². The molecule has 0 spiro atoms. The molecule has 19 heavy (non-hydrogen) atoms. The minimum absolute atomic E-state index is 0.0365. The maximum atomic E-state index is 12.5. The first kappa shape index (κ1) is 13.7. The van der Waals surface area contributed by atoms with Gasteiger partial charge in [-0.1, -0.05) is 0 Å². The van der Waals surface area contributed by atoms with Gasteiger partial charge in [-0.25, -0.2) is 12.8 Å². The molecule has 0 radical (unpaired) electrons. The molecule has 5 nitrogen and oxygen atoms in total. The lowest BCUT2D eigenvalue weighted by Crippen LogP contribution is -2.42. The van der Waals surface area contributed by atoms with Crippen LogP contribution in [0.5, 0.6) is 0 Å². The summed E-state index contributed by atoms with van der Waals surface area (Å²) in [4.78, 5) is 24.1. The molecule has 0 unspecified atom stereocenters. The number of rotatable bonds is 3. The van der Waals surface area contributed by atoms with Crippen LogP contribution in [0.4, 0.5) is 10.1 Å². The van der Waals surface area contributed by atoms with E-state index in [4.69, 9.17) is 0 Å². The number of amides is 1. The Morgan fingerprint density at radius 1 is 1.42 bits per heavy atom. The molecule has 7 heteroatoms. The molecule has 0 atom stereocenters. The Morgan fingerprint density at radius 2 is 2.11 bits per heavy atom. The minimum Gasteiger partial charge on any atom is -0.308 e. The lowest BCUT2D eigenvalue weighted by molar-refractivity contribution is -0.116. The molecule has 0 bridgehead atoms. The van der Waals surface area contributed by atoms with Gasteiger partial charge >= 0.3 is 0 Å². The number of carbonyl (C=O) groups excluding carboxylic acids is 2. The molecule has 0 aromatic heterocycles. The van der Waals surface area contributed by atoms with Gasteiger partial charge in [-0.3, -0.25) is 9.59 Å². The average molecular weight is 285 g/mol. The van der Waals surface area contributed by atoms with Gasteiger partial charge in [0.05, 0.1) is 17.1 Å². The summed E-state index contributed by atoms with van der Waals surface area (Å²) in [6.07, 6.45) is 0. The Hall–Kier alpha value is -1.76. The normalized spacial score (nSPS) is 17.2. The lowest BCUT2D eigenvalue weighted by Gasteiger charge is -2.28. The summed E-state index contributed by atoms with van der Waals surface area (Å²) in [7, 11) is -3.71. The highest BCUT2D eigenvalue weighted by molar-refractivity contribution is 7.92. The second-order valence-corrected chi connectivity index (χ2v) is 6.19. The van der Waals surface area contributed by atoms with Gasteiger partial charge in [-0.15, -0.1) is 0 Å². The molecule has 1 aromatic carbocycles. The molecule has 0 aliphatic carbocycles. The van der Waals surface area contributed by atoms with E-state index in [1.165, 1.54) is 25.1 Å². The van der Waals surface area contributed by atoms with Crippen molar-refractivity contribution in [1.29, 1.82) is 0 Å². The van der Waals surface area contributed by atoms with E-state index < -0.39 is 28.2 Å². The van der Waals surface area contributed by atoms with Crippen molar-refractivity contribution in [2.75, 3.05) is 23.9 Å². The van der Waals surface area contributed by atoms with Crippen LogP contribution in [0.3, 0.4) is 0 Å². The molecule has 0 fully saturated rings. The number of Topliss-reactive ketones (excluding diaryl/α,β-unsaturated/α-hetero) is 1. The van der Waals surface area contributed by atoms with Crippen LogP contribution in [0.2, 0.25) is 0 Å². The largest absolute Gasteiger partial charge is 0.308 e. The van der Waals surface area contributed by atoms with Crippen LogP contribution >= 0.6 is 0 Å². The van der Waals surface area contributed by atoms with Gasteiger partial charge in [0.1, 0.15) is 12.4 Å². The fourth-order valence-corrected chi connectivity index (χ4v) is 3.39. The third-order valence-corrected chi connectivity index (χ3v) is 4.56. The van der Waals surface area contributed by atoms with Gasteiger partial charge in [0, 0.05) is 5.56 Å². The molecule has 0 saturated heterocycles. The first-order chi connectivity index (χ1) is 8.86. The van der Waals surface area contributed by atoms with Crippen LogP contribution < -0.4 is 4.90 Å². The van der Waals surface area contributed by atoms with E-state index >= 15 is 0 Å². The van der Waals surface area contributed by atoms with Crippen LogP contribution in [0.25, 0.3) is 0 Å². The maximum absolute atomic E-state index is 12.5. The van der Waals surface area contributed by atoms with Gasteiger partial charge in [0.25, 0.3) is 0 Å². The number of fused-ring (bicyclic) bond motifs is 1. The maximum Gasteiger partial charge on any atom is 0.242 e. The van der Waals surface area contributed by atoms with Crippen LogP contribution in [0, 0.1) is 0 Å². The predicted molar refractivity (Wildman–Crippen MR) is 66.8 cm³/mol. The van der Waals surface area contributed by atoms with Gasteiger partial charge in [-0.2, -0.15) is 0 Å². The van der Waals surface area contributed by atoms with Gasteiger partial charge < -0.3 is 4.90 Å². The molecule has 2 rings (SSSR count). The van der Waals surface area contributed by atoms with Crippen molar-refractivity contribution in [2.24, 2.45) is 0 Å². The number of anilines is 1. The second kappa shape index (κ2) is 4.73. The van der Waals surface area contributed by atoms with Crippen molar-refractivity contribution in [3.63, 3.8) is 0 Å². The van der Waals surface area contributed by atoms with E-state index in [2.05, 4.69) is 0 Å². The first-order valence-electron chi connectivity index (χ1n) is 5.61. The Labute approximate surface area is 109 Å². The fourth-order valence-electron chi connectivity index (χ4n) is 1.99. The number of alkyl halides is 1. The van der Waals surface area contributed by atoms with E-state index in [0.29, 0.717) is 0 Å². The molecular weight excluding hydrogens is 273 g/mol. The number of ketones is 1. The molecule has 102 valence electrons. The fraction of sp³-hybridized carbons (Fsp3) is 0.333. The zero-order valence-electron chi connectivity index (χ0n) is 10.2. The third-order valence-electron chi connectivity index (χ3n) is 2.91. The van der Waals surface area contributed by atoms with Crippen LogP contribution in [0.1, 0.15) is 17.3 Å². The predicted octanol–water partition coefficient (Wildman–Crippen LogP) is 0.979. The number of hydrogen-bond acceptors (Lipinski definition) is 4. The van der Waals surface area contributed by atoms with Crippen molar-refractivity contribution in [2.45, 2.75) is 11.8 Å². The Bertz CT molecular complexity index is 654. The number of benzene rings is 1. The van der Waals surface area contributed by atoms with Crippen LogP contribution in [-0.4, -0.2) is 39.1 Å². The Morgan fingerprint density at radius 3 is 2.68 bits per heavy atom. The quantitative estimate of drug-likeness (QED) is 0.776. The molecule has 1 aliphatic heterocycles. The summed E-state index contributed by atoms with van der Waals surface area (Å²) in [5, 5.41) is 0. The molecule has 1 aromatic rings. The van der Waals surface area contributed by atoms with E-state index in [1.807, 2.05) is 0 Å². The van der Waals surface area contributed by atoms with Crippen molar-refractivity contribution < 1.29 is 22.4 Å². The van der Waals surface area contributed by atoms with E-state index in [1.54, 1.807) is 0 Å². The van der Waals surface area contributed by atoms with Gasteiger partial charge in [0.15, 0.2) is 15.6 Å². The number of sulfone groups is 1. The molecular formula is C12H12FNO4S. The summed E-state index contributed by atoms with van der Waals surface area (Å²) >= 11 is 0. The van der Waals surface area contributed by atoms with Crippen LogP contribution in [0.15, 0.2) is 23.1 Å². The Kier molecular flexibility index (Phi) is 3.40. The zero-order valence-corrected chi connectivity index (χ0v) is 11.0. The zero-order chi connectivity index (χ0) is 14.2. The first-order valence-corrected chi connectivity index (χ1v) is 7.26. The second-order valence-electron chi connectivity index (χ2n) is 4.23. The SMILES string of the molecule is CC(=O)c1ccc2c(c1)N(CCF)C(=O)CS2(=O)=O. The molecule has 0 N–H and O–H groups in total. The summed E-state index contributed by atoms with van der Waals surface area (Å²) in [5.74, 6) is -1.59. The third kappa shape index (κ3) is 2.37. The summed E-state index contributed by atoms with van der Waals surface area (Å²) in [6.45, 7) is 0.332. The van der Waals surface area contributed by atoms with Crippen molar-refractivity contribution in [3.8, 4) is 0 Å². The molecule has 1 heterocycles. The average Bonchev–Trinajstić information content (AvgIpc) is 2.33. The van der Waals surface area contributed by atoms with Crippen molar-refractivity contribution >= 4 is 27.2 Å². The highest BCUT2D eigenvalue weighted by atomic mass is 32.2. The molecule has 0 saturated carbocycles. The van der Waals surface area contributed by atoms with E-state index in [0.717, 1.165) is 4.90 Å². The minimum atomic E-state index is -3.71. The standard InChI is InChI=1S/C12H12FNO4S/c1-8(15)9-2-3-11-10(6-9)14(5-4-13)12(16)7-19(11,17)18/h2-3,6H,4-5,7H2,1H3. The molecule has 1 aliphatic rings. The highest BCUT2D eigenvalue weighted by Crippen LogP contribution is 2.32. The number of carbonyl (C=O) groups is 2.